The van der Waals surface area contributed by atoms with Crippen molar-refractivity contribution in [3.05, 3.63) is 28.2 Å². The summed E-state index contributed by atoms with van der Waals surface area (Å²) >= 11 is 0. The van der Waals surface area contributed by atoms with Gasteiger partial charge in [-0.05, 0) is 33.8 Å². The molecule has 0 aliphatic carbocycles. The number of anilines is 1. The highest BCUT2D eigenvalue weighted by Gasteiger charge is 2.47. The standard InChI is InChI=1S/C18H26N6O3/c1-5-21-14(20)13-12(6-9-22-15(13)25)23-18(7-8-19)10-24(11-18)16(26)27-17(2,3)4/h6,9H,5,7,10-11H2,1-4H3,(H2,20,21)(H2,22,23,25). The number of aliphatic imine (C=N–C) groups is 1. The fourth-order valence-corrected chi connectivity index (χ4v) is 2.90. The molecule has 1 aromatic rings. The summed E-state index contributed by atoms with van der Waals surface area (Å²) in [6.45, 7) is 8.21. The van der Waals surface area contributed by atoms with Crippen LogP contribution in [0.2, 0.25) is 0 Å². The van der Waals surface area contributed by atoms with E-state index in [2.05, 4.69) is 21.4 Å². The van der Waals surface area contributed by atoms with Crippen molar-refractivity contribution in [3.63, 3.8) is 0 Å². The lowest BCUT2D eigenvalue weighted by Crippen LogP contribution is -2.67. The van der Waals surface area contributed by atoms with Crippen LogP contribution in [0.4, 0.5) is 10.5 Å². The Balaban J connectivity index is 2.24. The molecule has 0 atom stereocenters. The summed E-state index contributed by atoms with van der Waals surface area (Å²) in [5, 5.41) is 12.5. The molecule has 2 heterocycles. The molecule has 1 amide bonds. The Morgan fingerprint density at radius 3 is 2.74 bits per heavy atom. The number of nitriles is 1. The van der Waals surface area contributed by atoms with E-state index in [1.165, 1.54) is 11.1 Å². The van der Waals surface area contributed by atoms with Gasteiger partial charge >= 0.3 is 6.09 Å². The minimum atomic E-state index is -0.680. The van der Waals surface area contributed by atoms with E-state index < -0.39 is 17.2 Å². The van der Waals surface area contributed by atoms with Crippen molar-refractivity contribution in [1.82, 2.24) is 9.88 Å². The third-order valence-corrected chi connectivity index (χ3v) is 4.00. The number of likely N-dealkylation sites (tertiary alicyclic amines) is 1. The van der Waals surface area contributed by atoms with Gasteiger partial charge in [-0.25, -0.2) is 4.79 Å². The fraction of sp³-hybridized carbons (Fsp3) is 0.556. The number of nitrogens with two attached hydrogens (primary N) is 1. The molecule has 1 aliphatic heterocycles. The van der Waals surface area contributed by atoms with Gasteiger partial charge in [0.2, 0.25) is 0 Å². The Labute approximate surface area is 158 Å². The average molecular weight is 374 g/mol. The monoisotopic (exact) mass is 374 g/mol. The van der Waals surface area contributed by atoms with E-state index in [4.69, 9.17) is 10.5 Å². The number of aromatic nitrogens is 1. The van der Waals surface area contributed by atoms with E-state index in [1.807, 2.05) is 6.92 Å². The predicted octanol–water partition coefficient (Wildman–Crippen LogP) is 1.42. The van der Waals surface area contributed by atoms with E-state index >= 15 is 0 Å². The maximum absolute atomic E-state index is 12.2. The van der Waals surface area contributed by atoms with Gasteiger partial charge in [0, 0.05) is 25.8 Å². The van der Waals surface area contributed by atoms with E-state index in [0.717, 1.165) is 0 Å². The molecule has 9 heteroatoms. The Bertz CT molecular complexity index is 825. The molecule has 0 radical (unpaired) electrons. The fourth-order valence-electron chi connectivity index (χ4n) is 2.90. The van der Waals surface area contributed by atoms with Crippen LogP contribution in [0.5, 0.6) is 0 Å². The number of amides is 1. The minimum Gasteiger partial charge on any atom is -0.444 e. The minimum absolute atomic E-state index is 0.122. The first-order valence-electron chi connectivity index (χ1n) is 8.76. The first-order valence-corrected chi connectivity index (χ1v) is 8.76. The molecular formula is C18H26N6O3. The van der Waals surface area contributed by atoms with Crippen molar-refractivity contribution in [1.29, 1.82) is 5.26 Å². The van der Waals surface area contributed by atoms with Crippen LogP contribution in [-0.4, -0.2) is 52.6 Å². The van der Waals surface area contributed by atoms with Gasteiger partial charge in [0.15, 0.2) is 0 Å². The molecule has 0 saturated carbocycles. The lowest BCUT2D eigenvalue weighted by molar-refractivity contribution is -0.00333. The zero-order valence-corrected chi connectivity index (χ0v) is 16.1. The van der Waals surface area contributed by atoms with E-state index in [0.29, 0.717) is 12.2 Å². The zero-order valence-electron chi connectivity index (χ0n) is 16.1. The summed E-state index contributed by atoms with van der Waals surface area (Å²) in [6.07, 6.45) is 1.22. The van der Waals surface area contributed by atoms with Gasteiger partial charge in [-0.2, -0.15) is 5.26 Å². The second-order valence-corrected chi connectivity index (χ2v) is 7.53. The molecule has 1 aliphatic rings. The summed E-state index contributed by atoms with van der Waals surface area (Å²) in [7, 11) is 0. The lowest BCUT2D eigenvalue weighted by Gasteiger charge is -2.49. The first-order chi connectivity index (χ1) is 12.6. The average Bonchev–Trinajstić information content (AvgIpc) is 2.50. The molecule has 1 saturated heterocycles. The molecule has 0 unspecified atom stereocenters. The van der Waals surface area contributed by atoms with Gasteiger partial charge in [-0.1, -0.05) is 0 Å². The van der Waals surface area contributed by atoms with Crippen LogP contribution in [0.1, 0.15) is 39.7 Å². The van der Waals surface area contributed by atoms with Gasteiger partial charge in [0.25, 0.3) is 5.56 Å². The van der Waals surface area contributed by atoms with Crippen LogP contribution < -0.4 is 16.6 Å². The third kappa shape index (κ3) is 4.78. The number of carbonyl (C=O) groups is 1. The molecular weight excluding hydrogens is 348 g/mol. The number of ether oxygens (including phenoxy) is 1. The summed E-state index contributed by atoms with van der Waals surface area (Å²) in [5.41, 5.74) is 5.01. The van der Waals surface area contributed by atoms with Gasteiger partial charge in [0.1, 0.15) is 17.0 Å². The summed E-state index contributed by atoms with van der Waals surface area (Å²) in [5.74, 6) is 0.122. The predicted molar refractivity (Wildman–Crippen MR) is 103 cm³/mol. The van der Waals surface area contributed by atoms with Crippen molar-refractivity contribution in [2.45, 2.75) is 45.3 Å². The van der Waals surface area contributed by atoms with Crippen molar-refractivity contribution >= 4 is 17.6 Å². The Morgan fingerprint density at radius 1 is 1.52 bits per heavy atom. The van der Waals surface area contributed by atoms with Crippen molar-refractivity contribution < 1.29 is 9.53 Å². The number of nitrogens with zero attached hydrogens (tertiary/aromatic N) is 3. The second kappa shape index (κ2) is 7.70. The summed E-state index contributed by atoms with van der Waals surface area (Å²) < 4.78 is 5.36. The largest absolute Gasteiger partial charge is 0.444 e. The van der Waals surface area contributed by atoms with Crippen molar-refractivity contribution in [2.24, 2.45) is 10.7 Å². The number of H-pyrrole nitrogens is 1. The number of aromatic amines is 1. The smallest absolute Gasteiger partial charge is 0.410 e. The molecule has 1 fully saturated rings. The SMILES string of the molecule is CCN=C(N)c1c(NC2(CC#N)CN(C(=O)OC(C)(C)C)C2)cc[nH]c1=O. The zero-order chi connectivity index (χ0) is 20.2. The highest BCUT2D eigenvalue weighted by atomic mass is 16.6. The second-order valence-electron chi connectivity index (χ2n) is 7.53. The number of amidine groups is 1. The van der Waals surface area contributed by atoms with Gasteiger partial charge in [-0.15, -0.1) is 0 Å². The molecule has 0 bridgehead atoms. The molecule has 0 spiro atoms. The van der Waals surface area contributed by atoms with Crippen molar-refractivity contribution in [3.8, 4) is 6.07 Å². The third-order valence-electron chi connectivity index (χ3n) is 4.00. The molecule has 2 rings (SSSR count). The molecule has 146 valence electrons. The van der Waals surface area contributed by atoms with E-state index in [9.17, 15) is 14.9 Å². The Kier molecular flexibility index (Phi) is 5.78. The molecule has 4 N–H and O–H groups in total. The Hall–Kier alpha value is -3.02. The number of carbonyl (C=O) groups excluding carboxylic acids is 1. The van der Waals surface area contributed by atoms with E-state index in [1.54, 1.807) is 26.8 Å². The van der Waals surface area contributed by atoms with Crippen LogP contribution >= 0.6 is 0 Å². The number of pyridine rings is 1. The van der Waals surface area contributed by atoms with E-state index in [-0.39, 0.29) is 36.5 Å². The van der Waals surface area contributed by atoms with Gasteiger partial charge < -0.3 is 25.7 Å². The maximum Gasteiger partial charge on any atom is 0.410 e. The quantitative estimate of drug-likeness (QED) is 0.526. The summed E-state index contributed by atoms with van der Waals surface area (Å²) in [4.78, 5) is 32.6. The lowest BCUT2D eigenvalue weighted by atomic mass is 9.86. The number of hydrogen-bond acceptors (Lipinski definition) is 6. The summed E-state index contributed by atoms with van der Waals surface area (Å²) in [6, 6.07) is 3.81. The van der Waals surface area contributed by atoms with Crippen LogP contribution in [0, 0.1) is 11.3 Å². The molecule has 0 aromatic carbocycles. The number of hydrogen-bond donors (Lipinski definition) is 3. The van der Waals surface area contributed by atoms with Crippen LogP contribution in [0.25, 0.3) is 0 Å². The topological polar surface area (TPSA) is 137 Å². The Morgan fingerprint density at radius 2 is 2.19 bits per heavy atom. The highest BCUT2D eigenvalue weighted by molar-refractivity contribution is 6.02. The van der Waals surface area contributed by atoms with Gasteiger partial charge in [0.05, 0.1) is 23.7 Å². The number of nitrogens with one attached hydrogen (secondary N) is 2. The molecule has 1 aromatic heterocycles. The molecule has 27 heavy (non-hydrogen) atoms. The normalized spacial score (nSPS) is 16.3. The molecule has 9 nitrogen and oxygen atoms in total. The first kappa shape index (κ1) is 20.3. The maximum atomic E-state index is 12.2. The van der Waals surface area contributed by atoms with Crippen LogP contribution in [0.3, 0.4) is 0 Å². The highest BCUT2D eigenvalue weighted by Crippen LogP contribution is 2.31. The number of rotatable bonds is 5. The van der Waals surface area contributed by atoms with Gasteiger partial charge in [-0.3, -0.25) is 9.79 Å². The van der Waals surface area contributed by atoms with Crippen LogP contribution in [-0.2, 0) is 4.74 Å². The van der Waals surface area contributed by atoms with Crippen molar-refractivity contribution in [2.75, 3.05) is 25.0 Å². The van der Waals surface area contributed by atoms with Crippen LogP contribution in [0.15, 0.2) is 22.1 Å².